The molecule has 0 aliphatic rings. The fourth-order valence-electron chi connectivity index (χ4n) is 2.31. The number of ether oxygens (including phenoxy) is 1. The summed E-state index contributed by atoms with van der Waals surface area (Å²) in [5, 5.41) is 2.79. The molecule has 0 bridgehead atoms. The monoisotopic (exact) mass is 343 g/mol. The normalized spacial score (nSPS) is 11.6. The van der Waals surface area contributed by atoms with Gasteiger partial charge in [0.25, 0.3) is 5.91 Å². The molecule has 0 fully saturated rings. The summed E-state index contributed by atoms with van der Waals surface area (Å²) in [6, 6.07) is 12.9. The maximum atomic E-state index is 12.8. The second-order valence-electron chi connectivity index (χ2n) is 5.73. The second-order valence-corrected chi connectivity index (χ2v) is 5.73. The lowest BCUT2D eigenvalue weighted by Crippen LogP contribution is -2.37. The van der Waals surface area contributed by atoms with E-state index in [-0.39, 0.29) is 17.5 Å². The fourth-order valence-corrected chi connectivity index (χ4v) is 2.31. The Bertz CT molecular complexity index is 711. The summed E-state index contributed by atoms with van der Waals surface area (Å²) in [6.45, 7) is 3.92. The molecule has 2 rings (SSSR count). The van der Waals surface area contributed by atoms with E-state index in [2.05, 4.69) is 5.32 Å². The Balaban J connectivity index is 1.79. The van der Waals surface area contributed by atoms with Crippen LogP contribution in [-0.2, 0) is 11.2 Å². The zero-order valence-corrected chi connectivity index (χ0v) is 14.4. The van der Waals surface area contributed by atoms with Crippen molar-refractivity contribution in [1.82, 2.24) is 5.32 Å². The van der Waals surface area contributed by atoms with Gasteiger partial charge in [0.15, 0.2) is 11.9 Å². The number of hydrogen-bond acceptors (Lipinski definition) is 3. The number of rotatable bonds is 8. The first-order chi connectivity index (χ1) is 12.0. The van der Waals surface area contributed by atoms with Crippen LogP contribution in [0.3, 0.4) is 0 Å². The molecule has 0 radical (unpaired) electrons. The third kappa shape index (κ3) is 5.71. The van der Waals surface area contributed by atoms with Gasteiger partial charge in [-0.2, -0.15) is 0 Å². The summed E-state index contributed by atoms with van der Waals surface area (Å²) in [4.78, 5) is 23.6. The van der Waals surface area contributed by atoms with E-state index in [0.29, 0.717) is 30.7 Å². The Kier molecular flexibility index (Phi) is 6.69. The average molecular weight is 343 g/mol. The highest BCUT2D eigenvalue weighted by Crippen LogP contribution is 2.15. The van der Waals surface area contributed by atoms with Crippen LogP contribution in [0.4, 0.5) is 4.39 Å². The van der Waals surface area contributed by atoms with Gasteiger partial charge in [-0.1, -0.05) is 19.1 Å². The molecule has 0 saturated heterocycles. The van der Waals surface area contributed by atoms with Crippen molar-refractivity contribution in [3.05, 3.63) is 65.5 Å². The minimum Gasteiger partial charge on any atom is -0.481 e. The van der Waals surface area contributed by atoms with Crippen molar-refractivity contribution in [2.75, 3.05) is 6.54 Å². The molecule has 4 nitrogen and oxygen atoms in total. The molecule has 0 aromatic heterocycles. The van der Waals surface area contributed by atoms with Crippen LogP contribution in [0, 0.1) is 5.82 Å². The maximum absolute atomic E-state index is 12.8. The van der Waals surface area contributed by atoms with Gasteiger partial charge in [-0.05, 0) is 55.3 Å². The van der Waals surface area contributed by atoms with Gasteiger partial charge in [-0.3, -0.25) is 9.59 Å². The summed E-state index contributed by atoms with van der Waals surface area (Å²) in [5.74, 6) is 0.101. The molecule has 1 amide bonds. The van der Waals surface area contributed by atoms with Gasteiger partial charge in [0.05, 0.1) is 0 Å². The van der Waals surface area contributed by atoms with Gasteiger partial charge < -0.3 is 10.1 Å². The summed E-state index contributed by atoms with van der Waals surface area (Å²) in [5.41, 5.74) is 1.58. The largest absolute Gasteiger partial charge is 0.481 e. The first-order valence-electron chi connectivity index (χ1n) is 8.31. The van der Waals surface area contributed by atoms with E-state index in [0.717, 1.165) is 5.56 Å². The lowest BCUT2D eigenvalue weighted by molar-refractivity contribution is -0.127. The molecule has 132 valence electrons. The highest BCUT2D eigenvalue weighted by atomic mass is 19.1. The van der Waals surface area contributed by atoms with E-state index in [1.807, 2.05) is 6.92 Å². The van der Waals surface area contributed by atoms with Gasteiger partial charge in [0.1, 0.15) is 11.6 Å². The van der Waals surface area contributed by atoms with E-state index in [4.69, 9.17) is 4.74 Å². The standard InChI is InChI=1S/C20H22FNO3/c1-3-19(23)16-6-10-18(11-7-16)25-14(2)20(24)22-13-12-15-4-8-17(21)9-5-15/h4-11,14H,3,12-13H2,1-2H3,(H,22,24)/t14-/m1/s1. The van der Waals surface area contributed by atoms with Gasteiger partial charge in [-0.15, -0.1) is 0 Å². The lowest BCUT2D eigenvalue weighted by Gasteiger charge is -2.15. The molecular formula is C20H22FNO3. The van der Waals surface area contributed by atoms with Gasteiger partial charge >= 0.3 is 0 Å². The second kappa shape index (κ2) is 8.97. The fraction of sp³-hybridized carbons (Fsp3) is 0.300. The molecule has 0 aliphatic carbocycles. The molecule has 1 N–H and O–H groups in total. The molecule has 1 atom stereocenters. The van der Waals surface area contributed by atoms with Crippen molar-refractivity contribution in [2.45, 2.75) is 32.8 Å². The number of amides is 1. The van der Waals surface area contributed by atoms with Crippen molar-refractivity contribution in [1.29, 1.82) is 0 Å². The van der Waals surface area contributed by atoms with Crippen molar-refractivity contribution in [3.63, 3.8) is 0 Å². The van der Waals surface area contributed by atoms with Crippen LogP contribution in [0.5, 0.6) is 5.75 Å². The number of ketones is 1. The maximum Gasteiger partial charge on any atom is 0.260 e. The molecule has 0 aliphatic heterocycles. The minimum atomic E-state index is -0.652. The third-order valence-corrected chi connectivity index (χ3v) is 3.81. The SMILES string of the molecule is CCC(=O)c1ccc(O[C@H](C)C(=O)NCCc2ccc(F)cc2)cc1. The topological polar surface area (TPSA) is 55.4 Å². The third-order valence-electron chi connectivity index (χ3n) is 3.81. The van der Waals surface area contributed by atoms with Crippen LogP contribution < -0.4 is 10.1 Å². The van der Waals surface area contributed by atoms with E-state index in [1.54, 1.807) is 43.3 Å². The number of nitrogens with one attached hydrogen (secondary N) is 1. The average Bonchev–Trinajstić information content (AvgIpc) is 2.63. The predicted molar refractivity (Wildman–Crippen MR) is 94.3 cm³/mol. The lowest BCUT2D eigenvalue weighted by atomic mass is 10.1. The molecule has 0 unspecified atom stereocenters. The van der Waals surface area contributed by atoms with Crippen LogP contribution in [0.15, 0.2) is 48.5 Å². The Morgan fingerprint density at radius 2 is 1.72 bits per heavy atom. The van der Waals surface area contributed by atoms with E-state index >= 15 is 0 Å². The number of Topliss-reactive ketones (excluding diaryl/α,β-unsaturated/α-hetero) is 1. The number of hydrogen-bond donors (Lipinski definition) is 1. The number of halogens is 1. The van der Waals surface area contributed by atoms with Crippen LogP contribution in [0.1, 0.15) is 36.2 Å². The molecule has 0 spiro atoms. The highest BCUT2D eigenvalue weighted by molar-refractivity contribution is 5.95. The van der Waals surface area contributed by atoms with E-state index < -0.39 is 6.10 Å². The van der Waals surface area contributed by atoms with Crippen molar-refractivity contribution in [2.24, 2.45) is 0 Å². The molecular weight excluding hydrogens is 321 g/mol. The number of carbonyl (C=O) groups is 2. The summed E-state index contributed by atoms with van der Waals surface area (Å²) in [7, 11) is 0. The Morgan fingerprint density at radius 3 is 2.32 bits per heavy atom. The van der Waals surface area contributed by atoms with Crippen LogP contribution >= 0.6 is 0 Å². The van der Waals surface area contributed by atoms with Crippen LogP contribution in [0.25, 0.3) is 0 Å². The van der Waals surface area contributed by atoms with Crippen LogP contribution in [-0.4, -0.2) is 24.3 Å². The van der Waals surface area contributed by atoms with Crippen molar-refractivity contribution >= 4 is 11.7 Å². The summed E-state index contributed by atoms with van der Waals surface area (Å²) in [6.07, 6.45) is 0.417. The molecule has 0 heterocycles. The summed E-state index contributed by atoms with van der Waals surface area (Å²) >= 11 is 0. The van der Waals surface area contributed by atoms with Gasteiger partial charge in [0, 0.05) is 18.5 Å². The Morgan fingerprint density at radius 1 is 1.08 bits per heavy atom. The van der Waals surface area contributed by atoms with Gasteiger partial charge in [0.2, 0.25) is 0 Å². The van der Waals surface area contributed by atoms with E-state index in [1.165, 1.54) is 12.1 Å². The van der Waals surface area contributed by atoms with Crippen molar-refractivity contribution < 1.29 is 18.7 Å². The first kappa shape index (κ1) is 18.6. The molecule has 2 aromatic rings. The smallest absolute Gasteiger partial charge is 0.260 e. The molecule has 5 heteroatoms. The Hall–Kier alpha value is -2.69. The molecule has 0 saturated carbocycles. The van der Waals surface area contributed by atoms with Crippen LogP contribution in [0.2, 0.25) is 0 Å². The minimum absolute atomic E-state index is 0.0677. The van der Waals surface area contributed by atoms with E-state index in [9.17, 15) is 14.0 Å². The first-order valence-corrected chi connectivity index (χ1v) is 8.31. The summed E-state index contributed by atoms with van der Waals surface area (Å²) < 4.78 is 18.4. The zero-order valence-electron chi connectivity index (χ0n) is 14.4. The van der Waals surface area contributed by atoms with Crippen molar-refractivity contribution in [3.8, 4) is 5.75 Å². The number of benzene rings is 2. The number of carbonyl (C=O) groups excluding carboxylic acids is 2. The molecule has 25 heavy (non-hydrogen) atoms. The Labute approximate surface area is 147 Å². The zero-order chi connectivity index (χ0) is 18.2. The van der Waals surface area contributed by atoms with Gasteiger partial charge in [-0.25, -0.2) is 4.39 Å². The molecule has 2 aromatic carbocycles. The highest BCUT2D eigenvalue weighted by Gasteiger charge is 2.14. The predicted octanol–water partition coefficient (Wildman–Crippen LogP) is 3.54. The quantitative estimate of drug-likeness (QED) is 0.746.